The van der Waals surface area contributed by atoms with Crippen LogP contribution in [0.5, 0.6) is 0 Å². The van der Waals surface area contributed by atoms with E-state index in [0.717, 1.165) is 70.6 Å². The van der Waals surface area contributed by atoms with Crippen molar-refractivity contribution < 1.29 is 111 Å². The zero-order valence-electron chi connectivity index (χ0n) is 53.3. The Hall–Kier alpha value is -1.55. The number of hydrogen-bond donors (Lipinski definition) is 5. The standard InChI is InChI=1S/C33H51NO3.C30H48N2O3.CH2O3.CH4O.2Na.H/c1-21(2)24-12-16-33(19-34-36)18-17-31(7)25(28(24)33)9-10-27-29(5)14-11-22(3)30(6,20-37-23(4)35)26(29)13-15-32(27,31)8;1-19(2)20-9-14-30(17-31-34)16-15-28(5)21(25(20)30)7-8-23-26(3)12-11-24(32-35)27(4,18-33)22(26)10-13-29(23,28)6;2-1-4-3;1-2;;;/h19,24-28,36H,1,3,9-18,20H2,2,4-8H3;17,20-23,25,33-35H,1,7-16,18H2,2-6H3;1,3H;2H,1H3;;;/q;;;;2*+1;-1/p-1/b34-19+;31-17+,32-24-;;;;;/t24-,25+,26+,27+,28+,29-,30-,31+,32+,33+;20-,21+,22+,23+,25+,26-,27+,28+,29+,30+;;;;;/m00...../s1. The molecule has 442 valence electrons. The Bertz CT molecular complexity index is 2380. The van der Waals surface area contributed by atoms with Gasteiger partial charge in [0.05, 0.1) is 24.7 Å². The third kappa shape index (κ3) is 10.4. The monoisotopic (exact) mass is 1130 g/mol. The van der Waals surface area contributed by atoms with Crippen LogP contribution in [0.15, 0.2) is 51.9 Å². The average molecular weight is 1130 g/mol. The van der Waals surface area contributed by atoms with Crippen molar-refractivity contribution in [1.29, 1.82) is 0 Å². The van der Waals surface area contributed by atoms with Crippen LogP contribution in [0.2, 0.25) is 0 Å². The summed E-state index contributed by atoms with van der Waals surface area (Å²) in [5.41, 5.74) is 5.52. The van der Waals surface area contributed by atoms with Crippen molar-refractivity contribution in [2.75, 3.05) is 20.3 Å². The Balaban J connectivity index is 0.000000308. The predicted octanol–water partition coefficient (Wildman–Crippen LogP) is 7.27. The second-order valence-electron chi connectivity index (χ2n) is 29.4. The number of esters is 1. The SMILES string of the molecule is C=C(C)[C@@H]1CC[C@]2(/C=N/O)CC[C@]3(C)[C@H](CC[C@@H]4[C@@]5(C)CC/C(=N/O)[C@](C)(CO)[C@@H]5CC[C@]43C)[C@@H]12.C=C(C)[C@@H]1CC[C@]2(/C=N/O)CC[C@]3(C)[C@H](CC[C@@H]4[C@@]5(C)CCC(=C)[C@](C)(COC(C)=O)[C@@H]5CC[C@]43C)[C@@H]12.CO.O=CO[O-].[H-].[Na+].[Na+]. The quantitative estimate of drug-likeness (QED) is 0.0240. The van der Waals surface area contributed by atoms with E-state index in [2.05, 4.69) is 109 Å². The number of allylic oxidation sites excluding steroid dienone is 2. The minimum Gasteiger partial charge on any atom is -1.00 e. The van der Waals surface area contributed by atoms with Crippen LogP contribution < -0.4 is 64.4 Å². The van der Waals surface area contributed by atoms with Crippen LogP contribution in [0.25, 0.3) is 0 Å². The van der Waals surface area contributed by atoms with Gasteiger partial charge < -0.3 is 42.1 Å². The van der Waals surface area contributed by atoms with Gasteiger partial charge in [-0.2, -0.15) is 0 Å². The molecule has 10 saturated carbocycles. The van der Waals surface area contributed by atoms with E-state index in [0.29, 0.717) is 65.8 Å². The Morgan fingerprint density at radius 2 is 1.02 bits per heavy atom. The van der Waals surface area contributed by atoms with Crippen LogP contribution in [-0.4, -0.2) is 76.7 Å². The molecular formula is C65H105N3Na2O10. The third-order valence-electron chi connectivity index (χ3n) is 27.4. The molecule has 80 heavy (non-hydrogen) atoms. The first kappa shape index (κ1) is 69.2. The van der Waals surface area contributed by atoms with Crippen molar-refractivity contribution in [3.63, 3.8) is 0 Å². The van der Waals surface area contributed by atoms with E-state index in [1.807, 2.05) is 12.4 Å². The van der Waals surface area contributed by atoms with E-state index >= 15 is 0 Å². The molecule has 0 heterocycles. The summed E-state index contributed by atoms with van der Waals surface area (Å²) in [7, 11) is 1.00. The van der Waals surface area contributed by atoms with Crippen molar-refractivity contribution in [1.82, 2.24) is 0 Å². The number of nitrogens with zero attached hydrogens (tertiary/aromatic N) is 3. The van der Waals surface area contributed by atoms with Crippen LogP contribution in [0, 0.1) is 113 Å². The van der Waals surface area contributed by atoms with Crippen LogP contribution >= 0.6 is 0 Å². The summed E-state index contributed by atoms with van der Waals surface area (Å²) in [6, 6.07) is 0. The van der Waals surface area contributed by atoms with E-state index < -0.39 is 5.41 Å². The van der Waals surface area contributed by atoms with Crippen LogP contribution in [-0.2, 0) is 19.2 Å². The normalized spacial score (nSPS) is 47.9. The molecule has 13 nitrogen and oxygen atoms in total. The second-order valence-corrected chi connectivity index (χ2v) is 29.4. The predicted molar refractivity (Wildman–Crippen MR) is 306 cm³/mol. The summed E-state index contributed by atoms with van der Waals surface area (Å²) < 4.78 is 5.69. The van der Waals surface area contributed by atoms with E-state index in [1.165, 1.54) is 94.3 Å². The van der Waals surface area contributed by atoms with Gasteiger partial charge in [-0.1, -0.05) is 97.0 Å². The van der Waals surface area contributed by atoms with Gasteiger partial charge in [-0.3, -0.25) is 9.59 Å². The molecule has 0 spiro atoms. The van der Waals surface area contributed by atoms with Crippen molar-refractivity contribution in [3.05, 3.63) is 36.5 Å². The molecule has 15 heteroatoms. The molecule has 0 aromatic heterocycles. The van der Waals surface area contributed by atoms with Gasteiger partial charge in [-0.05, 0) is 234 Å². The smallest absolute Gasteiger partial charge is 1.00 e. The minimum atomic E-state index is -0.434. The Morgan fingerprint density at radius 1 is 0.613 bits per heavy atom. The molecule has 0 bridgehead atoms. The molecule has 0 saturated heterocycles. The molecule has 10 fully saturated rings. The molecule has 0 amide bonds. The van der Waals surface area contributed by atoms with Gasteiger partial charge in [0.1, 0.15) is 6.61 Å². The summed E-state index contributed by atoms with van der Waals surface area (Å²) >= 11 is 0. The summed E-state index contributed by atoms with van der Waals surface area (Å²) in [5.74, 6) is 5.25. The van der Waals surface area contributed by atoms with E-state index in [-0.39, 0.29) is 128 Å². The number of carbonyl (C=O) groups excluding carboxylic acids is 2. The number of aliphatic hydroxyl groups excluding tert-OH is 2. The van der Waals surface area contributed by atoms with E-state index in [1.54, 1.807) is 0 Å². The molecule has 0 unspecified atom stereocenters. The number of hydrogen-bond acceptors (Lipinski definition) is 13. The number of carbonyl (C=O) groups is 2. The van der Waals surface area contributed by atoms with E-state index in [4.69, 9.17) is 19.9 Å². The van der Waals surface area contributed by atoms with Crippen molar-refractivity contribution >= 4 is 30.6 Å². The van der Waals surface area contributed by atoms with Gasteiger partial charge in [-0.25, -0.2) is 0 Å². The first-order valence-corrected chi connectivity index (χ1v) is 30.2. The topological polar surface area (TPSA) is 214 Å². The summed E-state index contributed by atoms with van der Waals surface area (Å²) in [4.78, 5) is 23.1. The maximum absolute atomic E-state index is 11.8. The third-order valence-corrected chi connectivity index (χ3v) is 27.4. The van der Waals surface area contributed by atoms with Crippen molar-refractivity contribution in [2.24, 2.45) is 129 Å². The van der Waals surface area contributed by atoms with Gasteiger partial charge in [0.25, 0.3) is 6.47 Å². The van der Waals surface area contributed by atoms with E-state index in [9.17, 15) is 25.5 Å². The molecule has 5 N–H and O–H groups in total. The zero-order chi connectivity index (χ0) is 57.9. The van der Waals surface area contributed by atoms with Gasteiger partial charge in [0.15, 0.2) is 0 Å². The number of aliphatic hydroxyl groups is 2. The first-order valence-electron chi connectivity index (χ1n) is 30.2. The fraction of sp³-hybridized carbons (Fsp3) is 0.831. The Labute approximate surface area is 527 Å². The first-order chi connectivity index (χ1) is 36.7. The molecule has 10 rings (SSSR count). The number of rotatable bonds is 8. The fourth-order valence-corrected chi connectivity index (χ4v) is 23.2. The van der Waals surface area contributed by atoms with Gasteiger partial charge in [0.2, 0.25) is 0 Å². The molecule has 20 atom stereocenters. The summed E-state index contributed by atoms with van der Waals surface area (Å²) in [5, 5.41) is 66.1. The maximum atomic E-state index is 11.8. The molecule has 10 aliphatic carbocycles. The largest absolute Gasteiger partial charge is 1.00 e. The Morgan fingerprint density at radius 3 is 1.39 bits per heavy atom. The molecule has 10 aliphatic rings. The molecule has 0 aliphatic heterocycles. The van der Waals surface area contributed by atoms with Gasteiger partial charge >= 0.3 is 65.1 Å². The zero-order valence-corrected chi connectivity index (χ0v) is 56.3. The Kier molecular flexibility index (Phi) is 22.0. The molecule has 0 aromatic rings. The number of oxime groups is 3. The van der Waals surface area contributed by atoms with Crippen LogP contribution in [0.1, 0.15) is 206 Å². The minimum absolute atomic E-state index is 0. The van der Waals surface area contributed by atoms with Crippen molar-refractivity contribution in [3.8, 4) is 0 Å². The molecule has 0 aromatic carbocycles. The van der Waals surface area contributed by atoms with Crippen molar-refractivity contribution in [2.45, 2.75) is 205 Å². The van der Waals surface area contributed by atoms with Crippen LogP contribution in [0.4, 0.5) is 0 Å². The molecular weight excluding hydrogens is 1030 g/mol. The second kappa shape index (κ2) is 25.4. The summed E-state index contributed by atoms with van der Waals surface area (Å²) in [6.45, 7) is 39.7. The van der Waals surface area contributed by atoms with Crippen LogP contribution in [0.3, 0.4) is 0 Å². The maximum Gasteiger partial charge on any atom is 1.00 e. The summed E-state index contributed by atoms with van der Waals surface area (Å²) in [6.07, 6.45) is 26.8. The number of fused-ring (bicyclic) bond motifs is 14. The van der Waals surface area contributed by atoms with Gasteiger partial charge in [-0.15, -0.1) is 10.3 Å². The van der Waals surface area contributed by atoms with Gasteiger partial charge in [0, 0.05) is 35.7 Å². The molecule has 0 radical (unpaired) electrons. The number of ether oxygens (including phenoxy) is 1. The average Bonchev–Trinajstić information content (AvgIpc) is 4.01. The fourth-order valence-electron chi connectivity index (χ4n) is 23.2.